The third-order valence-electron chi connectivity index (χ3n) is 5.36. The molecule has 0 unspecified atom stereocenters. The van der Waals surface area contributed by atoms with Crippen LogP contribution in [-0.4, -0.2) is 19.3 Å². The molecule has 6 nitrogen and oxygen atoms in total. The second-order valence-electron chi connectivity index (χ2n) is 7.38. The van der Waals surface area contributed by atoms with Crippen LogP contribution in [0.1, 0.15) is 0 Å². The second kappa shape index (κ2) is 7.59. The van der Waals surface area contributed by atoms with Crippen molar-refractivity contribution in [2.45, 2.75) is 0 Å². The maximum absolute atomic E-state index is 4.81. The van der Waals surface area contributed by atoms with Crippen LogP contribution in [0, 0.1) is 0 Å². The highest BCUT2D eigenvalue weighted by Gasteiger charge is 2.14. The van der Waals surface area contributed by atoms with Crippen LogP contribution < -0.4 is 0 Å². The van der Waals surface area contributed by atoms with Gasteiger partial charge in [-0.3, -0.25) is 0 Å². The summed E-state index contributed by atoms with van der Waals surface area (Å²) in [7, 11) is 0. The van der Waals surface area contributed by atoms with Crippen LogP contribution >= 0.6 is 0 Å². The Morgan fingerprint density at radius 2 is 0.812 bits per heavy atom. The molecule has 2 heterocycles. The van der Waals surface area contributed by atoms with E-state index in [1.807, 2.05) is 109 Å². The first-order chi connectivity index (χ1) is 15.9. The predicted octanol–water partition coefficient (Wildman–Crippen LogP) is 6.40. The molecule has 0 saturated heterocycles. The molecule has 0 atom stereocenters. The lowest BCUT2D eigenvalue weighted by Gasteiger charge is -2.04. The number of hydrogen-bond donors (Lipinski definition) is 0. The van der Waals surface area contributed by atoms with E-state index in [1.165, 1.54) is 0 Å². The molecule has 0 spiro atoms. The summed E-state index contributed by atoms with van der Waals surface area (Å²) in [5.74, 6) is 1.47. The van der Waals surface area contributed by atoms with E-state index in [0.29, 0.717) is 0 Å². The number of hydrogen-bond acceptors (Lipinski definition) is 4. The molecular weight excluding hydrogens is 396 g/mol. The van der Waals surface area contributed by atoms with Gasteiger partial charge in [0.05, 0.1) is 22.1 Å². The Kier molecular flexibility index (Phi) is 4.32. The van der Waals surface area contributed by atoms with Crippen molar-refractivity contribution in [3.05, 3.63) is 109 Å². The molecule has 32 heavy (non-hydrogen) atoms. The van der Waals surface area contributed by atoms with E-state index >= 15 is 0 Å². The minimum Gasteiger partial charge on any atom is -0.226 e. The summed E-state index contributed by atoms with van der Waals surface area (Å²) in [6.07, 6.45) is 0. The second-order valence-corrected chi connectivity index (χ2v) is 7.38. The number of benzene rings is 4. The molecule has 0 amide bonds. The normalized spacial score (nSPS) is 11.6. The first kappa shape index (κ1) is 18.2. The largest absolute Gasteiger partial charge is 0.226 e. The van der Waals surface area contributed by atoms with Crippen LogP contribution in [0.15, 0.2) is 120 Å². The zero-order valence-corrected chi connectivity index (χ0v) is 17.1. The standard InChI is InChI=1S/C26H18N6/c1-3-11-19(12-4-1)25-27-21-15-7-9-17-23(21)31(25)29-30-32-24-18-10-8-16-22(24)28-26(32)20-13-5-2-6-14-20/h1-18H. The topological polar surface area (TPSA) is 60.4 Å². The molecule has 2 aromatic heterocycles. The average molecular weight is 414 g/mol. The summed E-state index contributed by atoms with van der Waals surface area (Å²) in [5.41, 5.74) is 5.46. The van der Waals surface area contributed by atoms with Crippen molar-refractivity contribution < 1.29 is 0 Å². The van der Waals surface area contributed by atoms with Gasteiger partial charge in [-0.1, -0.05) is 84.9 Å². The molecule has 0 bridgehead atoms. The Hall–Kier alpha value is -4.58. The molecule has 0 fully saturated rings. The third-order valence-corrected chi connectivity index (χ3v) is 5.36. The van der Waals surface area contributed by atoms with E-state index < -0.39 is 0 Å². The molecule has 0 aliphatic rings. The molecule has 0 aliphatic heterocycles. The van der Waals surface area contributed by atoms with E-state index in [4.69, 9.17) is 9.97 Å². The summed E-state index contributed by atoms with van der Waals surface area (Å²) in [4.78, 5) is 9.62. The summed E-state index contributed by atoms with van der Waals surface area (Å²) in [6, 6.07) is 35.9. The van der Waals surface area contributed by atoms with Gasteiger partial charge in [0.25, 0.3) is 0 Å². The average Bonchev–Trinajstić information content (AvgIpc) is 3.42. The Labute approximate surface area is 184 Å². The number of fused-ring (bicyclic) bond motifs is 2. The molecule has 6 aromatic rings. The Bertz CT molecular complexity index is 1440. The number of rotatable bonds is 4. The molecular formula is C26H18N6. The highest BCUT2D eigenvalue weighted by atomic mass is 15.6. The summed E-state index contributed by atoms with van der Waals surface area (Å²) in [5, 5.41) is 9.30. The molecule has 6 heteroatoms. The fraction of sp³-hybridized carbons (Fsp3) is 0. The van der Waals surface area contributed by atoms with E-state index in [-0.39, 0.29) is 0 Å². The van der Waals surface area contributed by atoms with Crippen molar-refractivity contribution in [2.75, 3.05) is 0 Å². The van der Waals surface area contributed by atoms with Crippen LogP contribution in [0.5, 0.6) is 0 Å². The van der Waals surface area contributed by atoms with Crippen LogP contribution in [0.2, 0.25) is 0 Å². The lowest BCUT2D eigenvalue weighted by atomic mass is 10.2. The van der Waals surface area contributed by atoms with Gasteiger partial charge in [-0.25, -0.2) is 9.97 Å². The van der Waals surface area contributed by atoms with Gasteiger partial charge in [-0.2, -0.15) is 9.35 Å². The lowest BCUT2D eigenvalue weighted by Crippen LogP contribution is -1.96. The number of imidazole rings is 2. The van der Waals surface area contributed by atoms with Crippen molar-refractivity contribution in [3.8, 4) is 22.8 Å². The van der Waals surface area contributed by atoms with Gasteiger partial charge in [0, 0.05) is 11.1 Å². The maximum Gasteiger partial charge on any atom is 0.163 e. The quantitative estimate of drug-likeness (QED) is 0.313. The first-order valence-corrected chi connectivity index (χ1v) is 10.4. The molecule has 0 saturated carbocycles. The lowest BCUT2D eigenvalue weighted by molar-refractivity contribution is 0.721. The highest BCUT2D eigenvalue weighted by molar-refractivity contribution is 5.81. The highest BCUT2D eigenvalue weighted by Crippen LogP contribution is 2.27. The number of para-hydroxylation sites is 4. The van der Waals surface area contributed by atoms with E-state index in [2.05, 4.69) is 10.4 Å². The number of nitrogens with zero attached hydrogens (tertiary/aromatic N) is 6. The van der Waals surface area contributed by atoms with Crippen molar-refractivity contribution in [2.24, 2.45) is 10.4 Å². The van der Waals surface area contributed by atoms with Crippen molar-refractivity contribution in [1.82, 2.24) is 19.3 Å². The molecule has 0 aliphatic carbocycles. The zero-order valence-electron chi connectivity index (χ0n) is 17.1. The summed E-state index contributed by atoms with van der Waals surface area (Å²) >= 11 is 0. The Morgan fingerprint density at radius 1 is 0.438 bits per heavy atom. The van der Waals surface area contributed by atoms with Gasteiger partial charge in [-0.15, -0.1) is 0 Å². The molecule has 0 radical (unpaired) electrons. The Morgan fingerprint density at radius 3 is 1.25 bits per heavy atom. The molecule has 0 N–H and O–H groups in total. The van der Waals surface area contributed by atoms with Gasteiger partial charge in [0.1, 0.15) is 0 Å². The monoisotopic (exact) mass is 414 g/mol. The maximum atomic E-state index is 4.81. The number of aromatic nitrogens is 4. The van der Waals surface area contributed by atoms with Crippen LogP contribution in [0.25, 0.3) is 44.8 Å². The molecule has 152 valence electrons. The molecule has 6 rings (SSSR count). The van der Waals surface area contributed by atoms with Crippen LogP contribution in [0.3, 0.4) is 0 Å². The SMILES string of the molecule is c1ccc(-c2nc3ccccc3n2N=Nn2c(-c3ccccc3)nc3ccccc32)cc1. The van der Waals surface area contributed by atoms with Gasteiger partial charge >= 0.3 is 0 Å². The van der Waals surface area contributed by atoms with E-state index in [9.17, 15) is 0 Å². The minimum atomic E-state index is 0.737. The van der Waals surface area contributed by atoms with Gasteiger partial charge in [-0.05, 0) is 34.7 Å². The molecule has 4 aromatic carbocycles. The smallest absolute Gasteiger partial charge is 0.163 e. The zero-order chi connectivity index (χ0) is 21.3. The fourth-order valence-corrected chi connectivity index (χ4v) is 3.84. The van der Waals surface area contributed by atoms with E-state index in [1.54, 1.807) is 9.35 Å². The van der Waals surface area contributed by atoms with E-state index in [0.717, 1.165) is 44.8 Å². The summed E-state index contributed by atoms with van der Waals surface area (Å²) in [6.45, 7) is 0. The van der Waals surface area contributed by atoms with Crippen LogP contribution in [0.4, 0.5) is 0 Å². The van der Waals surface area contributed by atoms with Crippen LogP contribution in [-0.2, 0) is 0 Å². The van der Waals surface area contributed by atoms with Gasteiger partial charge in [0.2, 0.25) is 0 Å². The van der Waals surface area contributed by atoms with Crippen molar-refractivity contribution in [1.29, 1.82) is 0 Å². The first-order valence-electron chi connectivity index (χ1n) is 10.4. The summed E-state index contributed by atoms with van der Waals surface area (Å²) < 4.78 is 3.57. The van der Waals surface area contributed by atoms with Crippen molar-refractivity contribution >= 4 is 22.1 Å². The third kappa shape index (κ3) is 3.06. The van der Waals surface area contributed by atoms with Gasteiger partial charge < -0.3 is 0 Å². The van der Waals surface area contributed by atoms with Gasteiger partial charge in [0.15, 0.2) is 11.6 Å². The van der Waals surface area contributed by atoms with Crippen molar-refractivity contribution in [3.63, 3.8) is 0 Å². The predicted molar refractivity (Wildman–Crippen MR) is 126 cm³/mol. The Balaban J connectivity index is 1.57. The minimum absolute atomic E-state index is 0.737. The fourth-order valence-electron chi connectivity index (χ4n) is 3.84.